The maximum atomic E-state index is 11.8. The van der Waals surface area contributed by atoms with Gasteiger partial charge in [0.05, 0.1) is 0 Å². The molecule has 3 nitrogen and oxygen atoms in total. The summed E-state index contributed by atoms with van der Waals surface area (Å²) in [5.41, 5.74) is 3.09. The minimum Gasteiger partial charge on any atom is -0.422 e. The van der Waals surface area contributed by atoms with Crippen molar-refractivity contribution in [2.45, 2.75) is 6.92 Å². The summed E-state index contributed by atoms with van der Waals surface area (Å²) in [5.74, 6) is 0.160. The molecule has 1 aromatic heterocycles. The number of hydrogen-bond acceptors (Lipinski definition) is 3. The van der Waals surface area contributed by atoms with E-state index in [1.807, 2.05) is 49.4 Å². The zero-order valence-electron chi connectivity index (χ0n) is 10.3. The maximum Gasteiger partial charge on any atom is 0.347 e. The van der Waals surface area contributed by atoms with Crippen LogP contribution in [-0.2, 0) is 4.74 Å². The summed E-state index contributed by atoms with van der Waals surface area (Å²) in [6.45, 7) is 1.90. The van der Waals surface area contributed by atoms with E-state index >= 15 is 0 Å². The van der Waals surface area contributed by atoms with Crippen LogP contribution in [0.25, 0.3) is 11.8 Å². The lowest BCUT2D eigenvalue weighted by atomic mass is 10.1. The van der Waals surface area contributed by atoms with Gasteiger partial charge >= 0.3 is 5.97 Å². The second-order valence-electron chi connectivity index (χ2n) is 4.38. The van der Waals surface area contributed by atoms with Crippen LogP contribution in [0.5, 0.6) is 0 Å². The van der Waals surface area contributed by atoms with Gasteiger partial charge < -0.3 is 9.72 Å². The number of aryl methyl sites for hydroxylation is 1. The first-order valence-electron chi connectivity index (χ1n) is 5.88. The predicted molar refractivity (Wildman–Crippen MR) is 76.1 cm³/mol. The second-order valence-corrected chi connectivity index (χ2v) is 4.79. The van der Waals surface area contributed by atoms with E-state index in [1.54, 1.807) is 0 Å². The fraction of sp³-hybridized carbons (Fsp3) is 0.0667. The van der Waals surface area contributed by atoms with Gasteiger partial charge in [-0.2, -0.15) is 0 Å². The SMILES string of the molecule is Cc1cc2c(c(=S)[nH]1)C(=O)O/C2=C\c1ccccc1. The Morgan fingerprint density at radius 3 is 2.74 bits per heavy atom. The van der Waals surface area contributed by atoms with Gasteiger partial charge in [0, 0.05) is 11.3 Å². The third-order valence-corrected chi connectivity index (χ3v) is 3.24. The quantitative estimate of drug-likeness (QED) is 0.633. The molecule has 0 saturated carbocycles. The molecule has 2 aromatic rings. The molecule has 0 bridgehead atoms. The van der Waals surface area contributed by atoms with Gasteiger partial charge in [0.25, 0.3) is 0 Å². The molecule has 3 rings (SSSR count). The summed E-state index contributed by atoms with van der Waals surface area (Å²) in [4.78, 5) is 14.8. The highest BCUT2D eigenvalue weighted by atomic mass is 32.1. The molecule has 0 radical (unpaired) electrons. The summed E-state index contributed by atoms with van der Waals surface area (Å²) in [5, 5.41) is 0. The minimum absolute atomic E-state index is 0.390. The molecule has 0 saturated heterocycles. The molecule has 0 atom stereocenters. The molecule has 4 heteroatoms. The lowest BCUT2D eigenvalue weighted by Gasteiger charge is -2.00. The number of aromatic nitrogens is 1. The van der Waals surface area contributed by atoms with Gasteiger partial charge in [-0.1, -0.05) is 42.5 Å². The lowest BCUT2D eigenvalue weighted by Crippen LogP contribution is -1.97. The van der Waals surface area contributed by atoms with Gasteiger partial charge in [0.15, 0.2) is 0 Å². The molecule has 0 unspecified atom stereocenters. The molecule has 1 aromatic carbocycles. The number of rotatable bonds is 1. The molecule has 94 valence electrons. The lowest BCUT2D eigenvalue weighted by molar-refractivity contribution is 0.0716. The first-order valence-corrected chi connectivity index (χ1v) is 6.29. The fourth-order valence-corrected chi connectivity index (χ4v) is 2.45. The van der Waals surface area contributed by atoms with Crippen molar-refractivity contribution in [1.82, 2.24) is 4.98 Å². The fourth-order valence-electron chi connectivity index (χ4n) is 2.10. The topological polar surface area (TPSA) is 42.1 Å². The van der Waals surface area contributed by atoms with Gasteiger partial charge in [-0.3, -0.25) is 0 Å². The van der Waals surface area contributed by atoms with Gasteiger partial charge in [0.2, 0.25) is 0 Å². The predicted octanol–water partition coefficient (Wildman–Crippen LogP) is 3.72. The maximum absolute atomic E-state index is 11.8. The van der Waals surface area contributed by atoms with E-state index in [9.17, 15) is 4.79 Å². The standard InChI is InChI=1S/C15H11NO2S/c1-9-7-11-12(8-10-5-3-2-4-6-10)18-15(17)13(11)14(19)16-9/h2-8H,1H3,(H,16,19)/b12-8-. The molecule has 2 heterocycles. The highest BCUT2D eigenvalue weighted by molar-refractivity contribution is 7.71. The molecule has 1 aliphatic rings. The number of nitrogens with one attached hydrogen (secondary N) is 1. The minimum atomic E-state index is -0.390. The Morgan fingerprint density at radius 1 is 1.26 bits per heavy atom. The second kappa shape index (κ2) is 4.48. The Kier molecular flexibility index (Phi) is 2.80. The van der Waals surface area contributed by atoms with E-state index in [4.69, 9.17) is 17.0 Å². The van der Waals surface area contributed by atoms with Crippen molar-refractivity contribution in [2.24, 2.45) is 0 Å². The average molecular weight is 269 g/mol. The summed E-state index contributed by atoms with van der Waals surface area (Å²) < 4.78 is 5.73. The van der Waals surface area contributed by atoms with Crippen molar-refractivity contribution < 1.29 is 9.53 Å². The van der Waals surface area contributed by atoms with E-state index in [-0.39, 0.29) is 0 Å². The van der Waals surface area contributed by atoms with Crippen LogP contribution in [0.1, 0.15) is 27.2 Å². The highest BCUT2D eigenvalue weighted by Crippen LogP contribution is 2.31. The Hall–Kier alpha value is -2.20. The summed E-state index contributed by atoms with van der Waals surface area (Å²) >= 11 is 5.18. The number of carbonyl (C=O) groups excluding carboxylic acids is 1. The monoisotopic (exact) mass is 269 g/mol. The number of hydrogen-bond donors (Lipinski definition) is 1. The van der Waals surface area contributed by atoms with Crippen molar-refractivity contribution in [3.63, 3.8) is 0 Å². The third kappa shape index (κ3) is 2.11. The molecule has 0 amide bonds. The zero-order chi connectivity index (χ0) is 13.4. The van der Waals surface area contributed by atoms with Crippen LogP contribution in [0.2, 0.25) is 0 Å². The van der Waals surface area contributed by atoms with Crippen LogP contribution in [0, 0.1) is 11.6 Å². The van der Waals surface area contributed by atoms with Crippen LogP contribution in [0.4, 0.5) is 0 Å². The molecule has 1 aliphatic heterocycles. The van der Waals surface area contributed by atoms with Crippen molar-refractivity contribution in [1.29, 1.82) is 0 Å². The van der Waals surface area contributed by atoms with Crippen LogP contribution in [0.3, 0.4) is 0 Å². The number of cyclic esters (lactones) is 1. The first-order chi connectivity index (χ1) is 9.15. The van der Waals surface area contributed by atoms with Gasteiger partial charge in [0.1, 0.15) is 16.0 Å². The smallest absolute Gasteiger partial charge is 0.347 e. The molecule has 0 fully saturated rings. The Bertz CT molecular complexity index is 744. The summed E-state index contributed by atoms with van der Waals surface area (Å²) in [6, 6.07) is 11.6. The van der Waals surface area contributed by atoms with Crippen molar-refractivity contribution in [2.75, 3.05) is 0 Å². The average Bonchev–Trinajstić information content (AvgIpc) is 2.67. The van der Waals surface area contributed by atoms with E-state index in [0.717, 1.165) is 16.8 Å². The number of H-pyrrole nitrogens is 1. The number of esters is 1. The molecular weight excluding hydrogens is 258 g/mol. The molecule has 0 spiro atoms. The Morgan fingerprint density at radius 2 is 2.00 bits per heavy atom. The summed E-state index contributed by atoms with van der Waals surface area (Å²) in [6.07, 6.45) is 1.85. The van der Waals surface area contributed by atoms with E-state index < -0.39 is 5.97 Å². The Balaban J connectivity index is 2.18. The number of aromatic amines is 1. The number of carbonyl (C=O) groups is 1. The Labute approximate surface area is 115 Å². The largest absolute Gasteiger partial charge is 0.422 e. The molecular formula is C15H11NO2S. The first kappa shape index (κ1) is 11.9. The highest BCUT2D eigenvalue weighted by Gasteiger charge is 2.28. The van der Waals surface area contributed by atoms with Crippen LogP contribution in [-0.4, -0.2) is 11.0 Å². The molecule has 1 N–H and O–H groups in total. The van der Waals surface area contributed by atoms with E-state index in [2.05, 4.69) is 4.98 Å². The molecule has 19 heavy (non-hydrogen) atoms. The number of fused-ring (bicyclic) bond motifs is 1. The van der Waals surface area contributed by atoms with Crippen LogP contribution < -0.4 is 0 Å². The van der Waals surface area contributed by atoms with Gasteiger partial charge in [-0.05, 0) is 24.6 Å². The van der Waals surface area contributed by atoms with Crippen molar-refractivity contribution in [3.8, 4) is 0 Å². The number of benzene rings is 1. The van der Waals surface area contributed by atoms with Gasteiger partial charge in [-0.25, -0.2) is 4.79 Å². The number of pyridine rings is 1. The van der Waals surface area contributed by atoms with E-state index in [0.29, 0.717) is 16.0 Å². The van der Waals surface area contributed by atoms with Crippen LogP contribution >= 0.6 is 12.2 Å². The number of ether oxygens (including phenoxy) is 1. The van der Waals surface area contributed by atoms with E-state index in [1.165, 1.54) is 0 Å². The van der Waals surface area contributed by atoms with Crippen molar-refractivity contribution >= 4 is 30.0 Å². The van der Waals surface area contributed by atoms with Crippen LogP contribution in [0.15, 0.2) is 36.4 Å². The van der Waals surface area contributed by atoms with Gasteiger partial charge in [-0.15, -0.1) is 0 Å². The van der Waals surface area contributed by atoms with Crippen molar-refractivity contribution in [3.05, 3.63) is 63.4 Å². The molecule has 0 aliphatic carbocycles. The summed E-state index contributed by atoms with van der Waals surface area (Å²) in [7, 11) is 0. The normalized spacial score (nSPS) is 15.4. The third-order valence-electron chi connectivity index (χ3n) is 2.94. The zero-order valence-corrected chi connectivity index (χ0v) is 11.1.